The Kier molecular flexibility index (Phi) is 2.87. The fraction of sp³-hybridized carbons (Fsp3) is 0.364. The number of aliphatic imine (C=N–C) groups is 1. The molecule has 14 heavy (non-hydrogen) atoms. The molecule has 0 unspecified atom stereocenters. The SMILES string of the molecule is Cc1cc(NC2=NCCC2)ccc1Br. The summed E-state index contributed by atoms with van der Waals surface area (Å²) in [6, 6.07) is 6.26. The minimum Gasteiger partial charge on any atom is -0.344 e. The Balaban J connectivity index is 2.13. The van der Waals surface area contributed by atoms with Crippen LogP contribution in [0.1, 0.15) is 18.4 Å². The summed E-state index contributed by atoms with van der Waals surface area (Å²) in [4.78, 5) is 4.38. The van der Waals surface area contributed by atoms with Crippen molar-refractivity contribution in [3.8, 4) is 0 Å². The number of hydrogen-bond donors (Lipinski definition) is 1. The van der Waals surface area contributed by atoms with E-state index in [1.807, 2.05) is 0 Å². The van der Waals surface area contributed by atoms with Crippen molar-refractivity contribution in [1.29, 1.82) is 0 Å². The predicted octanol–water partition coefficient (Wildman–Crippen LogP) is 3.36. The largest absolute Gasteiger partial charge is 0.344 e. The summed E-state index contributed by atoms with van der Waals surface area (Å²) >= 11 is 3.48. The molecule has 1 aliphatic heterocycles. The third-order valence-corrected chi connectivity index (χ3v) is 3.21. The van der Waals surface area contributed by atoms with Crippen LogP contribution in [0.15, 0.2) is 27.7 Å². The topological polar surface area (TPSA) is 24.4 Å². The molecule has 1 N–H and O–H groups in total. The van der Waals surface area contributed by atoms with Crippen molar-refractivity contribution in [1.82, 2.24) is 0 Å². The Labute approximate surface area is 92.6 Å². The van der Waals surface area contributed by atoms with E-state index in [0.717, 1.165) is 29.0 Å². The van der Waals surface area contributed by atoms with Crippen LogP contribution >= 0.6 is 15.9 Å². The molecule has 2 rings (SSSR count). The van der Waals surface area contributed by atoms with Gasteiger partial charge in [0, 0.05) is 23.1 Å². The lowest BCUT2D eigenvalue weighted by atomic mass is 10.2. The molecule has 2 nitrogen and oxygen atoms in total. The van der Waals surface area contributed by atoms with Crippen molar-refractivity contribution in [2.75, 3.05) is 11.9 Å². The molecule has 1 aromatic rings. The van der Waals surface area contributed by atoms with Gasteiger partial charge in [-0.05, 0) is 37.1 Å². The summed E-state index contributed by atoms with van der Waals surface area (Å²) in [5, 5.41) is 3.34. The van der Waals surface area contributed by atoms with Gasteiger partial charge in [0.05, 0.1) is 0 Å². The second kappa shape index (κ2) is 4.13. The molecular weight excluding hydrogens is 240 g/mol. The van der Waals surface area contributed by atoms with Crippen molar-refractivity contribution in [2.24, 2.45) is 4.99 Å². The number of anilines is 1. The van der Waals surface area contributed by atoms with Gasteiger partial charge in [0.15, 0.2) is 0 Å². The van der Waals surface area contributed by atoms with Crippen molar-refractivity contribution in [3.05, 3.63) is 28.2 Å². The average Bonchev–Trinajstić information content (AvgIpc) is 2.64. The van der Waals surface area contributed by atoms with Gasteiger partial charge in [-0.3, -0.25) is 4.99 Å². The average molecular weight is 253 g/mol. The maximum Gasteiger partial charge on any atom is 0.101 e. The zero-order chi connectivity index (χ0) is 9.97. The zero-order valence-corrected chi connectivity index (χ0v) is 9.76. The van der Waals surface area contributed by atoms with Crippen LogP contribution in [0, 0.1) is 6.92 Å². The molecular formula is C11H13BrN2. The van der Waals surface area contributed by atoms with E-state index in [1.54, 1.807) is 0 Å². The van der Waals surface area contributed by atoms with Crippen LogP contribution in [-0.2, 0) is 0 Å². The fourth-order valence-electron chi connectivity index (χ4n) is 1.53. The van der Waals surface area contributed by atoms with E-state index >= 15 is 0 Å². The lowest BCUT2D eigenvalue weighted by molar-refractivity contribution is 0.951. The summed E-state index contributed by atoms with van der Waals surface area (Å²) in [6.07, 6.45) is 2.26. The number of benzene rings is 1. The Hall–Kier alpha value is -0.830. The second-order valence-corrected chi connectivity index (χ2v) is 4.38. The van der Waals surface area contributed by atoms with E-state index in [0.29, 0.717) is 0 Å². The monoisotopic (exact) mass is 252 g/mol. The molecule has 0 saturated heterocycles. The second-order valence-electron chi connectivity index (χ2n) is 3.52. The summed E-state index contributed by atoms with van der Waals surface area (Å²) in [5.41, 5.74) is 2.37. The molecule has 1 heterocycles. The van der Waals surface area contributed by atoms with Gasteiger partial charge >= 0.3 is 0 Å². The molecule has 0 bridgehead atoms. The molecule has 0 radical (unpaired) electrons. The summed E-state index contributed by atoms with van der Waals surface area (Å²) in [7, 11) is 0. The highest BCUT2D eigenvalue weighted by Crippen LogP contribution is 2.20. The number of amidine groups is 1. The Bertz CT molecular complexity index is 372. The smallest absolute Gasteiger partial charge is 0.101 e. The highest BCUT2D eigenvalue weighted by molar-refractivity contribution is 9.10. The van der Waals surface area contributed by atoms with Gasteiger partial charge in [-0.1, -0.05) is 15.9 Å². The van der Waals surface area contributed by atoms with Gasteiger partial charge in [0.1, 0.15) is 5.84 Å². The van der Waals surface area contributed by atoms with Crippen molar-refractivity contribution >= 4 is 27.5 Å². The third kappa shape index (κ3) is 2.15. The molecule has 0 saturated carbocycles. The van der Waals surface area contributed by atoms with E-state index in [-0.39, 0.29) is 0 Å². The number of hydrogen-bond acceptors (Lipinski definition) is 2. The number of rotatable bonds is 1. The summed E-state index contributed by atoms with van der Waals surface area (Å²) in [5.74, 6) is 1.12. The van der Waals surface area contributed by atoms with Crippen LogP contribution < -0.4 is 5.32 Å². The molecule has 3 heteroatoms. The van der Waals surface area contributed by atoms with E-state index in [2.05, 4.69) is 51.4 Å². The molecule has 0 spiro atoms. The van der Waals surface area contributed by atoms with Gasteiger partial charge in [0.2, 0.25) is 0 Å². The van der Waals surface area contributed by atoms with Gasteiger partial charge in [0.25, 0.3) is 0 Å². The van der Waals surface area contributed by atoms with E-state index in [9.17, 15) is 0 Å². The van der Waals surface area contributed by atoms with Crippen LogP contribution in [0.2, 0.25) is 0 Å². The number of aryl methyl sites for hydroxylation is 1. The van der Waals surface area contributed by atoms with Crippen LogP contribution in [0.4, 0.5) is 5.69 Å². The van der Waals surface area contributed by atoms with E-state index < -0.39 is 0 Å². The molecule has 1 aliphatic rings. The minimum absolute atomic E-state index is 0.970. The molecule has 0 aliphatic carbocycles. The quantitative estimate of drug-likeness (QED) is 0.815. The first kappa shape index (κ1) is 9.71. The van der Waals surface area contributed by atoms with Gasteiger partial charge in [-0.2, -0.15) is 0 Å². The fourth-order valence-corrected chi connectivity index (χ4v) is 1.78. The predicted molar refractivity (Wildman–Crippen MR) is 64.0 cm³/mol. The van der Waals surface area contributed by atoms with Crippen molar-refractivity contribution in [3.63, 3.8) is 0 Å². The first-order valence-corrected chi connectivity index (χ1v) is 5.61. The maximum atomic E-state index is 4.38. The van der Waals surface area contributed by atoms with Crippen LogP contribution in [0.25, 0.3) is 0 Å². The first-order valence-electron chi connectivity index (χ1n) is 4.82. The summed E-state index contributed by atoms with van der Waals surface area (Å²) < 4.78 is 1.15. The molecule has 0 aromatic heterocycles. The highest BCUT2D eigenvalue weighted by Gasteiger charge is 2.06. The molecule has 0 amide bonds. The van der Waals surface area contributed by atoms with Crippen LogP contribution in [0.3, 0.4) is 0 Å². The van der Waals surface area contributed by atoms with E-state index in [1.165, 1.54) is 12.0 Å². The molecule has 1 aromatic carbocycles. The molecule has 0 fully saturated rings. The normalized spacial score (nSPS) is 15.4. The van der Waals surface area contributed by atoms with Crippen LogP contribution in [-0.4, -0.2) is 12.4 Å². The lowest BCUT2D eigenvalue weighted by Crippen LogP contribution is -2.08. The number of nitrogens with one attached hydrogen (secondary N) is 1. The molecule has 74 valence electrons. The van der Waals surface area contributed by atoms with Crippen molar-refractivity contribution in [2.45, 2.75) is 19.8 Å². The standard InChI is InChI=1S/C11H13BrN2/c1-8-7-9(4-5-10(8)12)14-11-3-2-6-13-11/h4-5,7H,2-3,6H2,1H3,(H,13,14). The number of nitrogens with zero attached hydrogens (tertiary/aromatic N) is 1. The maximum absolute atomic E-state index is 4.38. The third-order valence-electron chi connectivity index (χ3n) is 2.32. The molecule has 0 atom stereocenters. The summed E-state index contributed by atoms with van der Waals surface area (Å²) in [6.45, 7) is 3.06. The van der Waals surface area contributed by atoms with Crippen molar-refractivity contribution < 1.29 is 0 Å². The van der Waals surface area contributed by atoms with Gasteiger partial charge in [-0.15, -0.1) is 0 Å². The Morgan fingerprint density at radius 3 is 2.93 bits per heavy atom. The van der Waals surface area contributed by atoms with Gasteiger partial charge < -0.3 is 5.32 Å². The zero-order valence-electron chi connectivity index (χ0n) is 8.18. The van der Waals surface area contributed by atoms with E-state index in [4.69, 9.17) is 0 Å². The van der Waals surface area contributed by atoms with Crippen LogP contribution in [0.5, 0.6) is 0 Å². The Morgan fingerprint density at radius 1 is 1.43 bits per heavy atom. The highest BCUT2D eigenvalue weighted by atomic mass is 79.9. The van der Waals surface area contributed by atoms with Gasteiger partial charge in [-0.25, -0.2) is 0 Å². The lowest BCUT2D eigenvalue weighted by Gasteiger charge is -2.07. The first-order chi connectivity index (χ1) is 6.75. The Morgan fingerprint density at radius 2 is 2.29 bits per heavy atom. The number of halogens is 1. The minimum atomic E-state index is 0.970.